The molecule has 0 saturated carbocycles. The summed E-state index contributed by atoms with van der Waals surface area (Å²) in [6.07, 6.45) is -0.916. The summed E-state index contributed by atoms with van der Waals surface area (Å²) in [5.74, 6) is 0.424. The lowest BCUT2D eigenvalue weighted by Gasteiger charge is -2.14. The van der Waals surface area contributed by atoms with E-state index in [0.717, 1.165) is 16.7 Å². The van der Waals surface area contributed by atoms with Gasteiger partial charge in [-0.25, -0.2) is 4.79 Å². The summed E-state index contributed by atoms with van der Waals surface area (Å²) in [5, 5.41) is 2.76. The predicted molar refractivity (Wildman–Crippen MR) is 111 cm³/mol. The highest BCUT2D eigenvalue weighted by atomic mass is 16.7. The van der Waals surface area contributed by atoms with E-state index in [9.17, 15) is 9.59 Å². The SMILES string of the molecule is CC(OC(=O)c1ccc(-c2ccccc2)cc1)C(=O)NCc1ccc2c(c1)OCO2. The van der Waals surface area contributed by atoms with E-state index < -0.39 is 12.1 Å². The predicted octanol–water partition coefficient (Wildman–Crippen LogP) is 3.94. The lowest BCUT2D eigenvalue weighted by molar-refractivity contribution is -0.129. The molecule has 1 aliphatic rings. The van der Waals surface area contributed by atoms with Crippen molar-refractivity contribution in [3.8, 4) is 22.6 Å². The zero-order chi connectivity index (χ0) is 20.9. The van der Waals surface area contributed by atoms with Crippen LogP contribution in [0.15, 0.2) is 72.8 Å². The molecule has 0 saturated heterocycles. The van der Waals surface area contributed by atoms with Crippen LogP contribution in [-0.4, -0.2) is 24.8 Å². The molecule has 3 aromatic rings. The summed E-state index contributed by atoms with van der Waals surface area (Å²) in [4.78, 5) is 24.7. The number of fused-ring (bicyclic) bond motifs is 1. The molecule has 4 rings (SSSR count). The van der Waals surface area contributed by atoms with Crippen molar-refractivity contribution in [2.24, 2.45) is 0 Å². The Morgan fingerprint density at radius 2 is 1.63 bits per heavy atom. The largest absolute Gasteiger partial charge is 0.454 e. The molecule has 6 heteroatoms. The Bertz CT molecular complexity index is 1050. The number of esters is 1. The maximum absolute atomic E-state index is 12.4. The molecule has 0 aromatic heterocycles. The van der Waals surface area contributed by atoms with E-state index in [4.69, 9.17) is 14.2 Å². The van der Waals surface area contributed by atoms with Crippen LogP contribution in [0.25, 0.3) is 11.1 Å². The summed E-state index contributed by atoms with van der Waals surface area (Å²) in [7, 11) is 0. The van der Waals surface area contributed by atoms with Crippen LogP contribution < -0.4 is 14.8 Å². The van der Waals surface area contributed by atoms with Gasteiger partial charge in [0.25, 0.3) is 5.91 Å². The van der Waals surface area contributed by atoms with E-state index in [0.29, 0.717) is 23.6 Å². The number of carbonyl (C=O) groups is 2. The molecule has 0 aliphatic carbocycles. The number of ether oxygens (including phenoxy) is 3. The lowest BCUT2D eigenvalue weighted by Crippen LogP contribution is -2.35. The highest BCUT2D eigenvalue weighted by molar-refractivity contribution is 5.92. The monoisotopic (exact) mass is 403 g/mol. The van der Waals surface area contributed by atoms with Gasteiger partial charge in [-0.3, -0.25) is 4.79 Å². The summed E-state index contributed by atoms with van der Waals surface area (Å²) < 4.78 is 15.9. The van der Waals surface area contributed by atoms with E-state index >= 15 is 0 Å². The second-order valence-electron chi connectivity index (χ2n) is 6.90. The average Bonchev–Trinajstić information content (AvgIpc) is 3.26. The summed E-state index contributed by atoms with van der Waals surface area (Å²) in [6, 6.07) is 22.4. The Kier molecular flexibility index (Phi) is 5.66. The number of hydrogen-bond donors (Lipinski definition) is 1. The first-order chi connectivity index (χ1) is 14.6. The first-order valence-corrected chi connectivity index (χ1v) is 9.63. The highest BCUT2D eigenvalue weighted by Crippen LogP contribution is 2.32. The molecule has 0 radical (unpaired) electrons. The molecule has 0 bridgehead atoms. The van der Waals surface area contributed by atoms with Crippen LogP contribution >= 0.6 is 0 Å². The van der Waals surface area contributed by atoms with Crippen molar-refractivity contribution in [3.05, 3.63) is 83.9 Å². The molecule has 3 aromatic carbocycles. The number of benzene rings is 3. The molecule has 1 amide bonds. The van der Waals surface area contributed by atoms with Gasteiger partial charge in [-0.2, -0.15) is 0 Å². The van der Waals surface area contributed by atoms with Gasteiger partial charge in [-0.15, -0.1) is 0 Å². The molecule has 1 unspecified atom stereocenters. The summed E-state index contributed by atoms with van der Waals surface area (Å²) >= 11 is 0. The van der Waals surface area contributed by atoms with Gasteiger partial charge in [0, 0.05) is 6.54 Å². The number of carbonyl (C=O) groups excluding carboxylic acids is 2. The van der Waals surface area contributed by atoms with Crippen LogP contribution in [0.4, 0.5) is 0 Å². The smallest absolute Gasteiger partial charge is 0.338 e. The van der Waals surface area contributed by atoms with Gasteiger partial charge in [0.1, 0.15) is 0 Å². The quantitative estimate of drug-likeness (QED) is 0.631. The summed E-state index contributed by atoms with van der Waals surface area (Å²) in [5.41, 5.74) is 3.32. The third-order valence-corrected chi connectivity index (χ3v) is 4.78. The van der Waals surface area contributed by atoms with E-state index in [2.05, 4.69) is 5.32 Å². The normalized spacial score (nSPS) is 12.8. The van der Waals surface area contributed by atoms with E-state index in [1.54, 1.807) is 25.1 Å². The molecule has 1 N–H and O–H groups in total. The van der Waals surface area contributed by atoms with E-state index in [1.807, 2.05) is 54.6 Å². The molecule has 6 nitrogen and oxygen atoms in total. The molecular formula is C24H21NO5. The van der Waals surface area contributed by atoms with Gasteiger partial charge < -0.3 is 19.5 Å². The van der Waals surface area contributed by atoms with Crippen molar-refractivity contribution in [3.63, 3.8) is 0 Å². The molecule has 1 aliphatic heterocycles. The van der Waals surface area contributed by atoms with Crippen molar-refractivity contribution in [1.82, 2.24) is 5.32 Å². The van der Waals surface area contributed by atoms with Gasteiger partial charge in [-0.05, 0) is 47.9 Å². The maximum atomic E-state index is 12.4. The van der Waals surface area contributed by atoms with Crippen molar-refractivity contribution < 1.29 is 23.8 Å². The number of amides is 1. The topological polar surface area (TPSA) is 73.9 Å². The Hall–Kier alpha value is -3.80. The Labute approximate surface area is 174 Å². The first kappa shape index (κ1) is 19.5. The highest BCUT2D eigenvalue weighted by Gasteiger charge is 2.19. The zero-order valence-electron chi connectivity index (χ0n) is 16.5. The van der Waals surface area contributed by atoms with Crippen molar-refractivity contribution in [2.45, 2.75) is 19.6 Å². The summed E-state index contributed by atoms with van der Waals surface area (Å²) in [6.45, 7) is 2.04. The van der Waals surface area contributed by atoms with Crippen molar-refractivity contribution in [2.75, 3.05) is 6.79 Å². The minimum atomic E-state index is -0.916. The number of hydrogen-bond acceptors (Lipinski definition) is 5. The molecule has 30 heavy (non-hydrogen) atoms. The van der Waals surface area contributed by atoms with Crippen LogP contribution in [0.5, 0.6) is 11.5 Å². The third-order valence-electron chi connectivity index (χ3n) is 4.78. The van der Waals surface area contributed by atoms with Gasteiger partial charge in [0.05, 0.1) is 5.56 Å². The average molecular weight is 403 g/mol. The Balaban J connectivity index is 1.31. The van der Waals surface area contributed by atoms with Gasteiger partial charge in [0.15, 0.2) is 17.6 Å². The van der Waals surface area contributed by atoms with Gasteiger partial charge in [-0.1, -0.05) is 48.5 Å². The first-order valence-electron chi connectivity index (χ1n) is 9.63. The van der Waals surface area contributed by atoms with Crippen molar-refractivity contribution in [1.29, 1.82) is 0 Å². The van der Waals surface area contributed by atoms with Crippen LogP contribution in [0.3, 0.4) is 0 Å². The van der Waals surface area contributed by atoms with E-state index in [-0.39, 0.29) is 12.7 Å². The molecular weight excluding hydrogens is 382 g/mol. The van der Waals surface area contributed by atoms with E-state index in [1.165, 1.54) is 0 Å². The molecule has 1 heterocycles. The zero-order valence-corrected chi connectivity index (χ0v) is 16.5. The fourth-order valence-corrected chi connectivity index (χ4v) is 3.10. The maximum Gasteiger partial charge on any atom is 0.338 e. The van der Waals surface area contributed by atoms with Crippen LogP contribution in [0.1, 0.15) is 22.8 Å². The van der Waals surface area contributed by atoms with Crippen LogP contribution in [-0.2, 0) is 16.1 Å². The van der Waals surface area contributed by atoms with Crippen LogP contribution in [0.2, 0.25) is 0 Å². The molecule has 0 fully saturated rings. The van der Waals surface area contributed by atoms with Gasteiger partial charge >= 0.3 is 5.97 Å². The molecule has 1 atom stereocenters. The lowest BCUT2D eigenvalue weighted by atomic mass is 10.0. The fourth-order valence-electron chi connectivity index (χ4n) is 3.10. The second kappa shape index (κ2) is 8.69. The van der Waals surface area contributed by atoms with Crippen molar-refractivity contribution >= 4 is 11.9 Å². The second-order valence-corrected chi connectivity index (χ2v) is 6.90. The number of rotatable bonds is 6. The Morgan fingerprint density at radius 1 is 0.933 bits per heavy atom. The standard InChI is InChI=1S/C24H21NO5/c1-16(23(26)25-14-17-7-12-21-22(13-17)29-15-28-21)30-24(27)20-10-8-19(9-11-20)18-5-3-2-4-6-18/h2-13,16H,14-15H2,1H3,(H,25,26). The fraction of sp³-hybridized carbons (Fsp3) is 0.167. The van der Waals surface area contributed by atoms with Gasteiger partial charge in [0.2, 0.25) is 6.79 Å². The molecule has 0 spiro atoms. The Morgan fingerprint density at radius 3 is 2.40 bits per heavy atom. The third kappa shape index (κ3) is 4.43. The minimum Gasteiger partial charge on any atom is -0.454 e. The number of nitrogens with one attached hydrogen (secondary N) is 1. The van der Waals surface area contributed by atoms with Crippen LogP contribution in [0, 0.1) is 0 Å². The minimum absolute atomic E-state index is 0.199. The molecule has 152 valence electrons.